The topological polar surface area (TPSA) is 97.0 Å². The second-order valence-corrected chi connectivity index (χ2v) is 8.12. The fraction of sp³-hybridized carbons (Fsp3) is 0.192. The van der Waals surface area contributed by atoms with Gasteiger partial charge in [0.1, 0.15) is 13.2 Å². The molecule has 8 nitrogen and oxygen atoms in total. The number of anilines is 3. The average molecular weight is 457 g/mol. The number of carbonyl (C=O) groups excluding carboxylic acids is 3. The third-order valence-corrected chi connectivity index (χ3v) is 5.78. The van der Waals surface area contributed by atoms with Crippen LogP contribution >= 0.6 is 0 Å². The molecule has 1 atom stereocenters. The SMILES string of the molecule is O=C(Nc1ccc2c(c1)OCCO2)c1ccc(NC(=O)C2CC(=O)N(c3ccccc3)C2)cc1. The Kier molecular flexibility index (Phi) is 5.86. The van der Waals surface area contributed by atoms with E-state index in [1.807, 2.05) is 30.3 Å². The molecule has 8 heteroatoms. The molecule has 0 saturated carbocycles. The van der Waals surface area contributed by atoms with Gasteiger partial charge in [-0.25, -0.2) is 0 Å². The molecule has 0 radical (unpaired) electrons. The zero-order chi connectivity index (χ0) is 23.5. The molecule has 3 aromatic rings. The second kappa shape index (κ2) is 9.27. The highest BCUT2D eigenvalue weighted by molar-refractivity contribution is 6.05. The lowest BCUT2D eigenvalue weighted by atomic mass is 10.1. The van der Waals surface area contributed by atoms with Crippen molar-refractivity contribution in [3.8, 4) is 11.5 Å². The van der Waals surface area contributed by atoms with Crippen molar-refractivity contribution >= 4 is 34.8 Å². The van der Waals surface area contributed by atoms with Gasteiger partial charge in [0.15, 0.2) is 11.5 Å². The molecule has 34 heavy (non-hydrogen) atoms. The van der Waals surface area contributed by atoms with E-state index in [2.05, 4.69) is 10.6 Å². The lowest BCUT2D eigenvalue weighted by molar-refractivity contribution is -0.122. The van der Waals surface area contributed by atoms with E-state index in [-0.39, 0.29) is 24.1 Å². The van der Waals surface area contributed by atoms with Gasteiger partial charge in [0.05, 0.1) is 5.92 Å². The van der Waals surface area contributed by atoms with Crippen LogP contribution in [0.4, 0.5) is 17.1 Å². The van der Waals surface area contributed by atoms with Gasteiger partial charge < -0.3 is 25.0 Å². The number of hydrogen-bond donors (Lipinski definition) is 2. The molecule has 3 aromatic carbocycles. The van der Waals surface area contributed by atoms with Crippen molar-refractivity contribution in [3.63, 3.8) is 0 Å². The summed E-state index contributed by atoms with van der Waals surface area (Å²) in [6, 6.07) is 21.2. The summed E-state index contributed by atoms with van der Waals surface area (Å²) < 4.78 is 11.0. The molecular weight excluding hydrogens is 434 g/mol. The van der Waals surface area contributed by atoms with Crippen LogP contribution in [0.3, 0.4) is 0 Å². The maximum Gasteiger partial charge on any atom is 0.255 e. The van der Waals surface area contributed by atoms with Gasteiger partial charge in [-0.2, -0.15) is 0 Å². The van der Waals surface area contributed by atoms with Crippen LogP contribution in [0.2, 0.25) is 0 Å². The summed E-state index contributed by atoms with van der Waals surface area (Å²) in [7, 11) is 0. The average Bonchev–Trinajstić information content (AvgIpc) is 3.26. The van der Waals surface area contributed by atoms with E-state index in [1.54, 1.807) is 47.4 Å². The van der Waals surface area contributed by atoms with Gasteiger partial charge in [-0.3, -0.25) is 14.4 Å². The first-order valence-corrected chi connectivity index (χ1v) is 11.0. The van der Waals surface area contributed by atoms with Crippen LogP contribution in [0, 0.1) is 5.92 Å². The lowest BCUT2D eigenvalue weighted by Gasteiger charge is -2.19. The summed E-state index contributed by atoms with van der Waals surface area (Å²) in [5, 5.41) is 5.68. The molecule has 1 unspecified atom stereocenters. The molecule has 1 fully saturated rings. The third kappa shape index (κ3) is 4.56. The predicted octanol–water partition coefficient (Wildman–Crippen LogP) is 3.70. The molecule has 0 aliphatic carbocycles. The number of nitrogens with one attached hydrogen (secondary N) is 2. The summed E-state index contributed by atoms with van der Waals surface area (Å²) in [6.07, 6.45) is 0.163. The van der Waals surface area contributed by atoms with Crippen molar-refractivity contribution in [2.75, 3.05) is 35.3 Å². The zero-order valence-electron chi connectivity index (χ0n) is 18.3. The Morgan fingerprint density at radius 2 is 1.53 bits per heavy atom. The van der Waals surface area contributed by atoms with E-state index < -0.39 is 5.92 Å². The Hall–Kier alpha value is -4.33. The first-order valence-electron chi connectivity index (χ1n) is 11.0. The lowest BCUT2D eigenvalue weighted by Crippen LogP contribution is -2.28. The summed E-state index contributed by atoms with van der Waals surface area (Å²) in [6.45, 7) is 1.31. The number of rotatable bonds is 5. The smallest absolute Gasteiger partial charge is 0.255 e. The predicted molar refractivity (Wildman–Crippen MR) is 127 cm³/mol. The standard InChI is InChI=1S/C26H23N3O5/c30-24-14-18(16-29(24)21-4-2-1-3-5-21)26(32)27-19-8-6-17(7-9-19)25(31)28-20-10-11-22-23(15-20)34-13-12-33-22/h1-11,15,18H,12-14,16H2,(H,27,32)(H,28,31). The van der Waals surface area contributed by atoms with Crippen LogP contribution in [0.15, 0.2) is 72.8 Å². The minimum Gasteiger partial charge on any atom is -0.486 e. The van der Waals surface area contributed by atoms with Crippen molar-refractivity contribution in [1.29, 1.82) is 0 Å². The summed E-state index contributed by atoms with van der Waals surface area (Å²) >= 11 is 0. The Morgan fingerprint density at radius 3 is 2.29 bits per heavy atom. The van der Waals surface area contributed by atoms with Gasteiger partial charge in [-0.05, 0) is 48.5 Å². The van der Waals surface area contributed by atoms with E-state index in [0.717, 1.165) is 5.69 Å². The quantitative estimate of drug-likeness (QED) is 0.609. The highest BCUT2D eigenvalue weighted by atomic mass is 16.6. The summed E-state index contributed by atoms with van der Waals surface area (Å²) in [5.41, 5.74) is 2.39. The van der Waals surface area contributed by atoms with Crippen molar-refractivity contribution in [3.05, 3.63) is 78.4 Å². The Labute approximate surface area is 196 Å². The molecule has 2 N–H and O–H groups in total. The van der Waals surface area contributed by atoms with E-state index in [9.17, 15) is 14.4 Å². The molecule has 2 aliphatic rings. The zero-order valence-corrected chi connectivity index (χ0v) is 18.3. The van der Waals surface area contributed by atoms with Gasteiger partial charge in [0.2, 0.25) is 11.8 Å². The Morgan fingerprint density at radius 1 is 0.824 bits per heavy atom. The van der Waals surface area contributed by atoms with Gasteiger partial charge in [0.25, 0.3) is 5.91 Å². The number of amides is 3. The third-order valence-electron chi connectivity index (χ3n) is 5.78. The minimum absolute atomic E-state index is 0.0718. The van der Waals surface area contributed by atoms with Crippen LogP contribution in [0.1, 0.15) is 16.8 Å². The Balaban J connectivity index is 1.18. The van der Waals surface area contributed by atoms with E-state index >= 15 is 0 Å². The second-order valence-electron chi connectivity index (χ2n) is 8.12. The van der Waals surface area contributed by atoms with Crippen LogP contribution in [-0.4, -0.2) is 37.5 Å². The number of carbonyl (C=O) groups is 3. The normalized spacial score (nSPS) is 16.8. The highest BCUT2D eigenvalue weighted by Gasteiger charge is 2.35. The number of hydrogen-bond acceptors (Lipinski definition) is 5. The first-order chi connectivity index (χ1) is 16.6. The largest absolute Gasteiger partial charge is 0.486 e. The van der Waals surface area contributed by atoms with E-state index in [0.29, 0.717) is 48.2 Å². The molecule has 0 aromatic heterocycles. The molecule has 0 spiro atoms. The van der Waals surface area contributed by atoms with E-state index in [1.165, 1.54) is 0 Å². The van der Waals surface area contributed by atoms with Crippen LogP contribution in [0.5, 0.6) is 11.5 Å². The fourth-order valence-corrected chi connectivity index (χ4v) is 4.01. The minimum atomic E-state index is -0.439. The molecule has 1 saturated heterocycles. The molecule has 5 rings (SSSR count). The van der Waals surface area contributed by atoms with Gasteiger partial charge in [-0.15, -0.1) is 0 Å². The Bertz CT molecular complexity index is 1230. The molecule has 3 amide bonds. The van der Waals surface area contributed by atoms with Gasteiger partial charge in [-0.1, -0.05) is 18.2 Å². The number of para-hydroxylation sites is 1. The molecular formula is C26H23N3O5. The van der Waals surface area contributed by atoms with Crippen LogP contribution in [0.25, 0.3) is 0 Å². The van der Waals surface area contributed by atoms with Crippen LogP contribution in [-0.2, 0) is 9.59 Å². The van der Waals surface area contributed by atoms with Crippen molar-refractivity contribution in [2.45, 2.75) is 6.42 Å². The molecule has 2 aliphatic heterocycles. The maximum absolute atomic E-state index is 12.7. The maximum atomic E-state index is 12.7. The van der Waals surface area contributed by atoms with Gasteiger partial charge >= 0.3 is 0 Å². The van der Waals surface area contributed by atoms with Crippen molar-refractivity contribution < 1.29 is 23.9 Å². The van der Waals surface area contributed by atoms with Crippen molar-refractivity contribution in [1.82, 2.24) is 0 Å². The van der Waals surface area contributed by atoms with E-state index in [4.69, 9.17) is 9.47 Å². The molecule has 0 bridgehead atoms. The first kappa shape index (κ1) is 21.5. The fourth-order valence-electron chi connectivity index (χ4n) is 4.01. The monoisotopic (exact) mass is 457 g/mol. The van der Waals surface area contributed by atoms with Gasteiger partial charge in [0, 0.05) is 41.7 Å². The summed E-state index contributed by atoms with van der Waals surface area (Å²) in [4.78, 5) is 39.4. The molecule has 2 heterocycles. The van der Waals surface area contributed by atoms with Crippen LogP contribution < -0.4 is 25.0 Å². The molecule has 172 valence electrons. The number of ether oxygens (including phenoxy) is 2. The number of benzene rings is 3. The number of fused-ring (bicyclic) bond motifs is 1. The van der Waals surface area contributed by atoms with Crippen molar-refractivity contribution in [2.24, 2.45) is 5.92 Å². The highest BCUT2D eigenvalue weighted by Crippen LogP contribution is 2.32. The summed E-state index contributed by atoms with van der Waals surface area (Å²) in [5.74, 6) is 0.233. The number of nitrogens with zero attached hydrogens (tertiary/aromatic N) is 1.